The van der Waals surface area contributed by atoms with Crippen LogP contribution in [0.3, 0.4) is 0 Å². The van der Waals surface area contributed by atoms with Crippen molar-refractivity contribution in [3.63, 3.8) is 0 Å². The topological polar surface area (TPSA) is 139 Å². The number of primary amides is 1. The van der Waals surface area contributed by atoms with Gasteiger partial charge in [0.2, 0.25) is 5.91 Å². The molecule has 1 aromatic heterocycles. The van der Waals surface area contributed by atoms with Gasteiger partial charge in [0, 0.05) is 25.4 Å². The number of carbonyl (C=O) groups is 3. The predicted octanol–water partition coefficient (Wildman–Crippen LogP) is -0.643. The summed E-state index contributed by atoms with van der Waals surface area (Å²) in [5, 5.41) is 17.7. The molecule has 9 heteroatoms. The van der Waals surface area contributed by atoms with E-state index >= 15 is 0 Å². The molecule has 1 rings (SSSR count). The molecule has 0 spiro atoms. The first-order valence-electron chi connectivity index (χ1n) is 6.19. The SMILES string of the molecule is Cn1cc(C(NC(=O)NCC(C)(C)C(N)=O)C(=O)O)cn1. The van der Waals surface area contributed by atoms with Crippen LogP contribution in [0.25, 0.3) is 0 Å². The highest BCUT2D eigenvalue weighted by Crippen LogP contribution is 2.13. The highest BCUT2D eigenvalue weighted by Gasteiger charge is 2.27. The Hall–Kier alpha value is -2.58. The van der Waals surface area contributed by atoms with Gasteiger partial charge in [0.25, 0.3) is 0 Å². The van der Waals surface area contributed by atoms with E-state index in [1.807, 2.05) is 0 Å². The third-order valence-corrected chi connectivity index (χ3v) is 2.94. The molecule has 116 valence electrons. The number of aryl methyl sites for hydroxylation is 1. The van der Waals surface area contributed by atoms with Crippen LogP contribution in [0.4, 0.5) is 4.79 Å². The van der Waals surface area contributed by atoms with Crippen LogP contribution in [0.2, 0.25) is 0 Å². The fourth-order valence-electron chi connectivity index (χ4n) is 1.45. The normalized spacial score (nSPS) is 12.5. The van der Waals surface area contributed by atoms with Gasteiger partial charge in [0.15, 0.2) is 6.04 Å². The largest absolute Gasteiger partial charge is 0.479 e. The fraction of sp³-hybridized carbons (Fsp3) is 0.500. The number of hydrogen-bond acceptors (Lipinski definition) is 4. The molecular formula is C12H19N5O4. The number of rotatable bonds is 6. The van der Waals surface area contributed by atoms with Crippen LogP contribution in [0, 0.1) is 5.41 Å². The number of carbonyl (C=O) groups excluding carboxylic acids is 2. The molecular weight excluding hydrogens is 278 g/mol. The summed E-state index contributed by atoms with van der Waals surface area (Å²) in [7, 11) is 1.64. The van der Waals surface area contributed by atoms with Gasteiger partial charge in [0.05, 0.1) is 11.6 Å². The summed E-state index contributed by atoms with van der Waals surface area (Å²) in [5.74, 6) is -1.78. The van der Waals surface area contributed by atoms with Crippen LogP contribution < -0.4 is 16.4 Å². The van der Waals surface area contributed by atoms with Gasteiger partial charge in [0.1, 0.15) is 0 Å². The standard InChI is InChI=1S/C12H19N5O4/c1-12(2,10(13)20)6-14-11(21)16-8(9(18)19)7-4-15-17(3)5-7/h4-5,8H,6H2,1-3H3,(H2,13,20)(H,18,19)(H2,14,16,21). The third-order valence-electron chi connectivity index (χ3n) is 2.94. The third kappa shape index (κ3) is 4.48. The van der Waals surface area contributed by atoms with Crippen molar-refractivity contribution >= 4 is 17.9 Å². The zero-order valence-electron chi connectivity index (χ0n) is 12.1. The zero-order valence-corrected chi connectivity index (χ0v) is 12.1. The summed E-state index contributed by atoms with van der Waals surface area (Å²) in [6.45, 7) is 3.14. The lowest BCUT2D eigenvalue weighted by atomic mass is 9.93. The Balaban J connectivity index is 2.66. The molecule has 3 amide bonds. The maximum atomic E-state index is 11.7. The smallest absolute Gasteiger partial charge is 0.331 e. The highest BCUT2D eigenvalue weighted by molar-refractivity contribution is 5.84. The van der Waals surface area contributed by atoms with Gasteiger partial charge >= 0.3 is 12.0 Å². The Morgan fingerprint density at radius 1 is 1.48 bits per heavy atom. The number of nitrogens with zero attached hydrogens (tertiary/aromatic N) is 2. The van der Waals surface area contributed by atoms with E-state index in [2.05, 4.69) is 15.7 Å². The molecule has 1 unspecified atom stereocenters. The second-order valence-corrected chi connectivity index (χ2v) is 5.29. The Morgan fingerprint density at radius 3 is 2.52 bits per heavy atom. The first-order chi connectivity index (χ1) is 9.63. The average Bonchev–Trinajstić information content (AvgIpc) is 2.79. The average molecular weight is 297 g/mol. The molecule has 0 radical (unpaired) electrons. The molecule has 9 nitrogen and oxygen atoms in total. The molecule has 0 aliphatic rings. The van der Waals surface area contributed by atoms with E-state index in [0.29, 0.717) is 5.56 Å². The van der Waals surface area contributed by atoms with E-state index < -0.39 is 29.4 Å². The lowest BCUT2D eigenvalue weighted by molar-refractivity contribution is -0.139. The molecule has 1 aromatic rings. The van der Waals surface area contributed by atoms with E-state index in [9.17, 15) is 14.4 Å². The Kier molecular flexibility index (Phi) is 4.90. The molecule has 0 aliphatic carbocycles. The van der Waals surface area contributed by atoms with Crippen molar-refractivity contribution in [1.29, 1.82) is 0 Å². The van der Waals surface area contributed by atoms with Gasteiger partial charge in [-0.2, -0.15) is 5.10 Å². The molecule has 0 saturated heterocycles. The first kappa shape index (κ1) is 16.5. The Bertz CT molecular complexity index is 552. The minimum absolute atomic E-state index is 0.00640. The summed E-state index contributed by atoms with van der Waals surface area (Å²) in [6, 6.07) is -1.93. The van der Waals surface area contributed by atoms with Gasteiger partial charge in [-0.25, -0.2) is 9.59 Å². The molecule has 1 heterocycles. The van der Waals surface area contributed by atoms with Crippen molar-refractivity contribution in [3.05, 3.63) is 18.0 Å². The van der Waals surface area contributed by atoms with Crippen molar-refractivity contribution in [2.45, 2.75) is 19.9 Å². The monoisotopic (exact) mass is 297 g/mol. The molecule has 0 saturated carbocycles. The lowest BCUT2D eigenvalue weighted by Gasteiger charge is -2.21. The van der Waals surface area contributed by atoms with Gasteiger partial charge in [-0.05, 0) is 13.8 Å². The van der Waals surface area contributed by atoms with E-state index in [-0.39, 0.29) is 6.54 Å². The maximum absolute atomic E-state index is 11.7. The van der Waals surface area contributed by atoms with Crippen LogP contribution in [0.1, 0.15) is 25.5 Å². The number of aromatic nitrogens is 2. The lowest BCUT2D eigenvalue weighted by Crippen LogP contribution is -2.47. The minimum Gasteiger partial charge on any atom is -0.479 e. The Labute approximate surface area is 121 Å². The van der Waals surface area contributed by atoms with E-state index in [4.69, 9.17) is 10.8 Å². The summed E-state index contributed by atoms with van der Waals surface area (Å²) >= 11 is 0. The highest BCUT2D eigenvalue weighted by atomic mass is 16.4. The fourth-order valence-corrected chi connectivity index (χ4v) is 1.45. The molecule has 5 N–H and O–H groups in total. The van der Waals surface area contributed by atoms with Crippen molar-refractivity contribution in [2.75, 3.05) is 6.54 Å². The molecule has 21 heavy (non-hydrogen) atoms. The molecule has 0 bridgehead atoms. The van der Waals surface area contributed by atoms with Crippen LogP contribution in [0.15, 0.2) is 12.4 Å². The molecule has 1 atom stereocenters. The summed E-state index contributed by atoms with van der Waals surface area (Å²) in [5.41, 5.74) is 4.60. The second-order valence-electron chi connectivity index (χ2n) is 5.29. The summed E-state index contributed by atoms with van der Waals surface area (Å²) in [4.78, 5) is 34.1. The van der Waals surface area contributed by atoms with Crippen molar-refractivity contribution in [3.8, 4) is 0 Å². The van der Waals surface area contributed by atoms with Gasteiger partial charge in [-0.3, -0.25) is 9.48 Å². The Morgan fingerprint density at radius 2 is 2.10 bits per heavy atom. The summed E-state index contributed by atoms with van der Waals surface area (Å²) < 4.78 is 1.43. The first-order valence-corrected chi connectivity index (χ1v) is 6.19. The number of hydrogen-bond donors (Lipinski definition) is 4. The number of urea groups is 1. The van der Waals surface area contributed by atoms with Crippen LogP contribution in [-0.4, -0.2) is 39.3 Å². The van der Waals surface area contributed by atoms with Crippen molar-refractivity contribution in [2.24, 2.45) is 18.2 Å². The number of carboxylic acid groups (broad SMARTS) is 1. The zero-order chi connectivity index (χ0) is 16.2. The van der Waals surface area contributed by atoms with E-state index in [1.54, 1.807) is 20.9 Å². The van der Waals surface area contributed by atoms with Crippen LogP contribution in [0.5, 0.6) is 0 Å². The number of amides is 3. The number of aliphatic carboxylic acids is 1. The minimum atomic E-state index is -1.23. The van der Waals surface area contributed by atoms with Gasteiger partial charge < -0.3 is 21.5 Å². The number of carboxylic acids is 1. The molecule has 0 aliphatic heterocycles. The van der Waals surface area contributed by atoms with Crippen molar-refractivity contribution in [1.82, 2.24) is 20.4 Å². The van der Waals surface area contributed by atoms with Gasteiger partial charge in [-0.1, -0.05) is 0 Å². The molecule has 0 aromatic carbocycles. The van der Waals surface area contributed by atoms with Gasteiger partial charge in [-0.15, -0.1) is 0 Å². The second kappa shape index (κ2) is 6.25. The predicted molar refractivity (Wildman–Crippen MR) is 73.1 cm³/mol. The molecule has 0 fully saturated rings. The van der Waals surface area contributed by atoms with Crippen LogP contribution >= 0.6 is 0 Å². The van der Waals surface area contributed by atoms with E-state index in [1.165, 1.54) is 17.1 Å². The van der Waals surface area contributed by atoms with Crippen molar-refractivity contribution < 1.29 is 19.5 Å². The number of nitrogens with one attached hydrogen (secondary N) is 2. The summed E-state index contributed by atoms with van der Waals surface area (Å²) in [6.07, 6.45) is 2.85. The quantitative estimate of drug-likeness (QED) is 0.553. The number of nitrogens with two attached hydrogens (primary N) is 1. The van der Waals surface area contributed by atoms with E-state index in [0.717, 1.165) is 0 Å². The van der Waals surface area contributed by atoms with Crippen LogP contribution in [-0.2, 0) is 16.6 Å². The maximum Gasteiger partial charge on any atom is 0.331 e.